The number of nitro benzene ring substituents is 2. The van der Waals surface area contributed by atoms with Gasteiger partial charge in [0, 0.05) is 17.5 Å². The Morgan fingerprint density at radius 2 is 1.81 bits per heavy atom. The van der Waals surface area contributed by atoms with Crippen LogP contribution in [0.25, 0.3) is 0 Å². The average molecular weight is 451 g/mol. The number of carbonyl (C=O) groups is 1. The van der Waals surface area contributed by atoms with Crippen LogP contribution in [0.2, 0.25) is 0 Å². The Morgan fingerprint density at radius 3 is 2.47 bits per heavy atom. The molecule has 0 saturated heterocycles. The first kappa shape index (κ1) is 22.8. The van der Waals surface area contributed by atoms with Crippen LogP contribution in [0.4, 0.5) is 24.5 Å². The molecule has 0 spiro atoms. The van der Waals surface area contributed by atoms with Gasteiger partial charge < -0.3 is 4.84 Å². The monoisotopic (exact) mass is 451 g/mol. The Morgan fingerprint density at radius 1 is 1.06 bits per heavy atom. The van der Waals surface area contributed by atoms with Gasteiger partial charge in [-0.3, -0.25) is 20.2 Å². The minimum absolute atomic E-state index is 0.189. The van der Waals surface area contributed by atoms with Gasteiger partial charge in [-0.15, -0.1) is 0 Å². The number of nitro groups is 2. The highest BCUT2D eigenvalue weighted by Gasteiger charge is 2.32. The zero-order valence-corrected chi connectivity index (χ0v) is 16.4. The lowest BCUT2D eigenvalue weighted by Crippen LogP contribution is -2.20. The lowest BCUT2D eigenvalue weighted by atomic mass is 9.81. The van der Waals surface area contributed by atoms with E-state index in [1.807, 2.05) is 0 Å². The summed E-state index contributed by atoms with van der Waals surface area (Å²) in [6.07, 6.45) is -2.50. The smallest absolute Gasteiger partial charge is 0.313 e. The molecule has 0 aliphatic heterocycles. The van der Waals surface area contributed by atoms with E-state index in [1.54, 1.807) is 0 Å². The van der Waals surface area contributed by atoms with Crippen molar-refractivity contribution in [1.29, 1.82) is 0 Å². The van der Waals surface area contributed by atoms with E-state index in [0.29, 0.717) is 37.5 Å². The summed E-state index contributed by atoms with van der Waals surface area (Å²) in [5, 5.41) is 26.2. The molecule has 3 rings (SSSR count). The Hall–Kier alpha value is -3.83. The van der Waals surface area contributed by atoms with Crippen molar-refractivity contribution in [2.45, 2.75) is 37.8 Å². The zero-order valence-electron chi connectivity index (χ0n) is 16.4. The SMILES string of the molecule is O=C(O/N=C1/CCCC[C@H]1c1ccc([N+](=O)[O-])cc1[N+](=O)[O-])c1cccc(C(F)(F)F)c1. The molecule has 1 fully saturated rings. The maximum absolute atomic E-state index is 12.9. The van der Waals surface area contributed by atoms with E-state index in [2.05, 4.69) is 5.16 Å². The molecule has 0 N–H and O–H groups in total. The van der Waals surface area contributed by atoms with E-state index < -0.39 is 44.8 Å². The van der Waals surface area contributed by atoms with Crippen LogP contribution >= 0.6 is 0 Å². The second-order valence-electron chi connectivity index (χ2n) is 7.10. The molecule has 9 nitrogen and oxygen atoms in total. The minimum Gasteiger partial charge on any atom is -0.313 e. The fraction of sp³-hybridized carbons (Fsp3) is 0.300. The molecule has 0 radical (unpaired) electrons. The normalized spacial score (nSPS) is 17.7. The molecule has 0 amide bonds. The molecule has 0 bridgehead atoms. The van der Waals surface area contributed by atoms with E-state index >= 15 is 0 Å². The van der Waals surface area contributed by atoms with Gasteiger partial charge in [-0.05, 0) is 43.5 Å². The highest BCUT2D eigenvalue weighted by Crippen LogP contribution is 2.38. The summed E-state index contributed by atoms with van der Waals surface area (Å²) in [4.78, 5) is 38.0. The maximum Gasteiger partial charge on any atom is 0.416 e. The molecule has 168 valence electrons. The van der Waals surface area contributed by atoms with Crippen molar-refractivity contribution in [1.82, 2.24) is 0 Å². The molecule has 0 aromatic heterocycles. The molecular formula is C20H16F3N3O6. The molecule has 12 heteroatoms. The van der Waals surface area contributed by atoms with Gasteiger partial charge in [0.2, 0.25) is 0 Å². The van der Waals surface area contributed by atoms with Crippen molar-refractivity contribution in [3.8, 4) is 0 Å². The Kier molecular flexibility index (Phi) is 6.51. The quantitative estimate of drug-likeness (QED) is 0.341. The van der Waals surface area contributed by atoms with E-state index in [1.165, 1.54) is 6.07 Å². The summed E-state index contributed by atoms with van der Waals surface area (Å²) in [6, 6.07) is 6.94. The Labute approximate surface area is 178 Å². The molecule has 1 aliphatic rings. The highest BCUT2D eigenvalue weighted by molar-refractivity contribution is 5.94. The fourth-order valence-electron chi connectivity index (χ4n) is 3.51. The number of rotatable bonds is 5. The average Bonchev–Trinajstić information content (AvgIpc) is 2.76. The van der Waals surface area contributed by atoms with Crippen molar-refractivity contribution in [3.63, 3.8) is 0 Å². The second kappa shape index (κ2) is 9.12. The molecule has 0 heterocycles. The summed E-state index contributed by atoms with van der Waals surface area (Å²) in [6.45, 7) is 0. The van der Waals surface area contributed by atoms with Crippen molar-refractivity contribution < 1.29 is 32.6 Å². The van der Waals surface area contributed by atoms with E-state index in [-0.39, 0.29) is 11.1 Å². The summed E-state index contributed by atoms with van der Waals surface area (Å²) in [7, 11) is 0. The number of alkyl halides is 3. The van der Waals surface area contributed by atoms with Crippen molar-refractivity contribution >= 4 is 23.1 Å². The predicted molar refractivity (Wildman–Crippen MR) is 105 cm³/mol. The van der Waals surface area contributed by atoms with Crippen molar-refractivity contribution in [3.05, 3.63) is 79.4 Å². The Bertz CT molecular complexity index is 1100. The molecular weight excluding hydrogens is 435 g/mol. The first-order valence-corrected chi connectivity index (χ1v) is 9.46. The highest BCUT2D eigenvalue weighted by atomic mass is 19.4. The molecule has 2 aromatic carbocycles. The van der Waals surface area contributed by atoms with Crippen LogP contribution in [-0.2, 0) is 11.0 Å². The number of oxime groups is 1. The summed E-state index contributed by atoms with van der Waals surface area (Å²) in [5.41, 5.74) is -1.77. The third-order valence-corrected chi connectivity index (χ3v) is 5.05. The van der Waals surface area contributed by atoms with Crippen LogP contribution in [0.5, 0.6) is 0 Å². The van der Waals surface area contributed by atoms with Crippen LogP contribution in [-0.4, -0.2) is 21.5 Å². The van der Waals surface area contributed by atoms with Gasteiger partial charge >= 0.3 is 12.1 Å². The Balaban J connectivity index is 1.88. The lowest BCUT2D eigenvalue weighted by Gasteiger charge is -2.23. The third kappa shape index (κ3) is 5.07. The molecule has 1 aliphatic carbocycles. The van der Waals surface area contributed by atoms with Gasteiger partial charge in [0.1, 0.15) is 0 Å². The van der Waals surface area contributed by atoms with Crippen LogP contribution in [0.3, 0.4) is 0 Å². The molecule has 2 aromatic rings. The van der Waals surface area contributed by atoms with Crippen molar-refractivity contribution in [2.75, 3.05) is 0 Å². The second-order valence-corrected chi connectivity index (χ2v) is 7.10. The third-order valence-electron chi connectivity index (χ3n) is 5.05. The first-order valence-electron chi connectivity index (χ1n) is 9.46. The van der Waals surface area contributed by atoms with Gasteiger partial charge in [0.25, 0.3) is 11.4 Å². The van der Waals surface area contributed by atoms with Crippen LogP contribution in [0, 0.1) is 20.2 Å². The minimum atomic E-state index is -4.63. The molecule has 1 atom stereocenters. The number of halogens is 3. The van der Waals surface area contributed by atoms with Gasteiger partial charge in [-0.1, -0.05) is 17.6 Å². The fourth-order valence-corrected chi connectivity index (χ4v) is 3.51. The summed E-state index contributed by atoms with van der Waals surface area (Å²) >= 11 is 0. The van der Waals surface area contributed by atoms with Crippen LogP contribution in [0.15, 0.2) is 47.6 Å². The van der Waals surface area contributed by atoms with Gasteiger partial charge in [0.05, 0.1) is 32.8 Å². The summed E-state index contributed by atoms with van der Waals surface area (Å²) < 4.78 is 38.6. The van der Waals surface area contributed by atoms with Crippen LogP contribution < -0.4 is 0 Å². The number of non-ortho nitro benzene ring substituents is 1. The number of benzene rings is 2. The number of nitrogens with zero attached hydrogens (tertiary/aromatic N) is 3. The first-order chi connectivity index (χ1) is 15.1. The van der Waals surface area contributed by atoms with Gasteiger partial charge in [-0.2, -0.15) is 13.2 Å². The number of hydrogen-bond acceptors (Lipinski definition) is 7. The van der Waals surface area contributed by atoms with E-state index in [4.69, 9.17) is 4.84 Å². The predicted octanol–water partition coefficient (Wildman–Crippen LogP) is 5.39. The standard InChI is InChI=1S/C20H16F3N3O6/c21-20(22,23)13-5-3-4-12(10-13)19(27)32-24-17-7-2-1-6-15(17)16-9-8-14(25(28)29)11-18(16)26(30)31/h3-5,8-11,15H,1-2,6-7H2/b24-17-/t15-/m0/s1. The molecule has 0 unspecified atom stereocenters. The van der Waals surface area contributed by atoms with E-state index in [9.17, 15) is 38.2 Å². The lowest BCUT2D eigenvalue weighted by molar-refractivity contribution is -0.394. The zero-order chi connectivity index (χ0) is 23.5. The topological polar surface area (TPSA) is 125 Å². The van der Waals surface area contributed by atoms with E-state index in [0.717, 1.165) is 30.3 Å². The van der Waals surface area contributed by atoms with Gasteiger partial charge in [0.15, 0.2) is 0 Å². The van der Waals surface area contributed by atoms with Crippen LogP contribution in [0.1, 0.15) is 53.1 Å². The molecule has 1 saturated carbocycles. The van der Waals surface area contributed by atoms with Gasteiger partial charge in [-0.25, -0.2) is 4.79 Å². The number of hydrogen-bond donors (Lipinski definition) is 0. The molecule has 32 heavy (non-hydrogen) atoms. The largest absolute Gasteiger partial charge is 0.416 e. The summed E-state index contributed by atoms with van der Waals surface area (Å²) in [5.74, 6) is -1.73. The van der Waals surface area contributed by atoms with Crippen molar-refractivity contribution in [2.24, 2.45) is 5.16 Å². The number of carbonyl (C=O) groups excluding carboxylic acids is 1. The maximum atomic E-state index is 12.9.